The summed E-state index contributed by atoms with van der Waals surface area (Å²) in [5.74, 6) is 6.04. The lowest BCUT2D eigenvalue weighted by atomic mass is 9.79. The van der Waals surface area contributed by atoms with Gasteiger partial charge in [0.05, 0.1) is 28.7 Å². The zero-order valence-corrected chi connectivity index (χ0v) is 23.4. The minimum absolute atomic E-state index is 0.0263. The Morgan fingerprint density at radius 1 is 1.17 bits per heavy atom. The lowest BCUT2D eigenvalue weighted by Crippen LogP contribution is -2.47. The van der Waals surface area contributed by atoms with Crippen molar-refractivity contribution in [1.29, 1.82) is 5.26 Å². The first-order valence-electron chi connectivity index (χ1n) is 14.0. The van der Waals surface area contributed by atoms with Crippen LogP contribution in [0.4, 0.5) is 5.69 Å². The summed E-state index contributed by atoms with van der Waals surface area (Å²) in [6, 6.07) is 16.3. The number of hydrogen-bond acceptors (Lipinski definition) is 6. The number of amides is 1. The van der Waals surface area contributed by atoms with E-state index in [0.717, 1.165) is 77.9 Å². The molecule has 2 aliphatic rings. The van der Waals surface area contributed by atoms with Crippen LogP contribution >= 0.6 is 0 Å². The summed E-state index contributed by atoms with van der Waals surface area (Å²) in [6.07, 6.45) is 6.52. The Hall–Kier alpha value is -4.82. The number of piperidine rings is 1. The molecule has 2 aromatic carbocycles. The Morgan fingerprint density at radius 2 is 2.07 bits per heavy atom. The first-order chi connectivity index (χ1) is 20.0. The molecule has 1 unspecified atom stereocenters. The molecule has 0 bridgehead atoms. The average Bonchev–Trinajstić information content (AvgIpc) is 3.63. The molecule has 206 valence electrons. The van der Waals surface area contributed by atoms with Crippen LogP contribution in [0.15, 0.2) is 54.9 Å². The number of H-pyrrole nitrogens is 1. The van der Waals surface area contributed by atoms with E-state index in [9.17, 15) is 10.1 Å². The number of ether oxygens (including phenoxy) is 1. The van der Waals surface area contributed by atoms with Gasteiger partial charge < -0.3 is 14.5 Å². The maximum atomic E-state index is 12.6. The number of rotatable bonds is 5. The van der Waals surface area contributed by atoms with Crippen molar-refractivity contribution in [2.45, 2.75) is 39.7 Å². The molecule has 0 aliphatic carbocycles. The zero-order valence-electron chi connectivity index (χ0n) is 23.4. The summed E-state index contributed by atoms with van der Waals surface area (Å²) in [5.41, 5.74) is 6.04. The van der Waals surface area contributed by atoms with Crippen LogP contribution in [0.1, 0.15) is 43.0 Å². The molecule has 8 nitrogen and oxygen atoms in total. The van der Waals surface area contributed by atoms with Gasteiger partial charge in [0.1, 0.15) is 18.4 Å². The number of aromatic amines is 1. The van der Waals surface area contributed by atoms with Crippen LogP contribution in [0.5, 0.6) is 5.75 Å². The fraction of sp³-hybridized carbons (Fsp3) is 0.333. The normalized spacial score (nSPS) is 18.3. The molecule has 1 spiro atoms. The van der Waals surface area contributed by atoms with Crippen LogP contribution < -0.4 is 9.64 Å². The Bertz CT molecular complexity index is 1710. The number of pyridine rings is 1. The highest BCUT2D eigenvalue weighted by Crippen LogP contribution is 2.45. The molecule has 8 heteroatoms. The molecule has 41 heavy (non-hydrogen) atoms. The summed E-state index contributed by atoms with van der Waals surface area (Å²) >= 11 is 0. The van der Waals surface area contributed by atoms with Gasteiger partial charge in [0, 0.05) is 54.8 Å². The quantitative estimate of drug-likeness (QED) is 0.346. The molecule has 1 N–H and O–H groups in total. The van der Waals surface area contributed by atoms with Crippen LogP contribution in [-0.4, -0.2) is 52.2 Å². The summed E-state index contributed by atoms with van der Waals surface area (Å²) < 4.78 is 6.31. The van der Waals surface area contributed by atoms with Crippen LogP contribution in [0, 0.1) is 35.5 Å². The van der Waals surface area contributed by atoms with E-state index in [4.69, 9.17) is 4.74 Å². The van der Waals surface area contributed by atoms with E-state index in [1.807, 2.05) is 47.5 Å². The maximum Gasteiger partial charge on any atom is 0.298 e. The van der Waals surface area contributed by atoms with E-state index in [-0.39, 0.29) is 11.3 Å². The number of benzene rings is 2. The van der Waals surface area contributed by atoms with Crippen molar-refractivity contribution in [2.24, 2.45) is 5.41 Å². The Balaban J connectivity index is 1.41. The Kier molecular flexibility index (Phi) is 7.07. The van der Waals surface area contributed by atoms with E-state index >= 15 is 0 Å². The third-order valence-electron chi connectivity index (χ3n) is 8.38. The Labute approximate surface area is 239 Å². The van der Waals surface area contributed by atoms with Gasteiger partial charge >= 0.3 is 0 Å². The largest absolute Gasteiger partial charge is 0.487 e. The molecule has 2 fully saturated rings. The number of fused-ring (bicyclic) bond motifs is 1. The van der Waals surface area contributed by atoms with Crippen LogP contribution in [0.2, 0.25) is 0 Å². The van der Waals surface area contributed by atoms with E-state index in [1.54, 1.807) is 13.1 Å². The van der Waals surface area contributed by atoms with Gasteiger partial charge in [-0.25, -0.2) is 0 Å². The molecule has 2 aliphatic heterocycles. The minimum atomic E-state index is -0.0985. The topological polar surface area (TPSA) is 98.1 Å². The number of aromatic nitrogens is 3. The monoisotopic (exact) mass is 544 g/mol. The first-order valence-corrected chi connectivity index (χ1v) is 14.0. The number of anilines is 1. The lowest BCUT2D eigenvalue weighted by Gasteiger charge is -2.39. The number of aryl methyl sites for hydroxylation is 1. The van der Waals surface area contributed by atoms with Crippen molar-refractivity contribution in [3.8, 4) is 34.8 Å². The third-order valence-corrected chi connectivity index (χ3v) is 8.38. The first kappa shape index (κ1) is 26.4. The molecule has 0 saturated carbocycles. The van der Waals surface area contributed by atoms with E-state index in [1.165, 1.54) is 0 Å². The number of carbonyl (C=O) groups is 1. The lowest BCUT2D eigenvalue weighted by molar-refractivity contribution is -0.128. The second-order valence-corrected chi connectivity index (χ2v) is 11.1. The van der Waals surface area contributed by atoms with E-state index < -0.39 is 0 Å². The molecule has 2 aromatic heterocycles. The predicted octanol–water partition coefficient (Wildman–Crippen LogP) is 5.23. The van der Waals surface area contributed by atoms with Crippen molar-refractivity contribution >= 4 is 22.5 Å². The number of nitrogens with one attached hydrogen (secondary N) is 1. The van der Waals surface area contributed by atoms with Gasteiger partial charge in [0.15, 0.2) is 0 Å². The SMILES string of the molecule is CC#CC(=O)N1CCCC2(CCN(c3cc(OCc4ccccn4)cc(-c4c(C)ccc5[nH]ncc45)c3C#N)C2)C1. The van der Waals surface area contributed by atoms with Gasteiger partial charge in [0.2, 0.25) is 0 Å². The average molecular weight is 545 g/mol. The van der Waals surface area contributed by atoms with Gasteiger partial charge in [-0.05, 0) is 74.4 Å². The van der Waals surface area contributed by atoms with Crippen molar-refractivity contribution < 1.29 is 9.53 Å². The Morgan fingerprint density at radius 3 is 2.88 bits per heavy atom. The highest BCUT2D eigenvalue weighted by atomic mass is 16.5. The summed E-state index contributed by atoms with van der Waals surface area (Å²) in [7, 11) is 0. The van der Waals surface area contributed by atoms with E-state index in [2.05, 4.69) is 51.0 Å². The molecule has 2 saturated heterocycles. The van der Waals surface area contributed by atoms with Crippen LogP contribution in [0.25, 0.3) is 22.0 Å². The standard InChI is InChI=1S/C33H32N6O2/c1-3-7-31(40)39-14-6-11-33(22-39)12-15-38(21-33)30-17-25(41-20-24-8-4-5-13-35-24)16-26(27(30)18-34)32-23(2)9-10-29-28(32)19-36-37-29/h4-5,8-10,13,16-17,19H,6,11-12,14-15,20-22H2,1-2H3,(H,36,37). The molecule has 1 atom stereocenters. The predicted molar refractivity (Wildman–Crippen MR) is 158 cm³/mol. The number of hydrogen-bond donors (Lipinski definition) is 1. The van der Waals surface area contributed by atoms with Gasteiger partial charge in [-0.15, -0.1) is 0 Å². The molecule has 0 radical (unpaired) electrons. The van der Waals surface area contributed by atoms with E-state index in [0.29, 0.717) is 24.5 Å². The number of nitriles is 1. The third kappa shape index (κ3) is 5.10. The molecular formula is C33H32N6O2. The zero-order chi connectivity index (χ0) is 28.4. The van der Waals surface area contributed by atoms with Crippen LogP contribution in [-0.2, 0) is 11.4 Å². The molecule has 1 amide bonds. The maximum absolute atomic E-state index is 12.6. The highest BCUT2D eigenvalue weighted by Gasteiger charge is 2.43. The second kappa shape index (κ2) is 11.0. The van der Waals surface area contributed by atoms with Crippen molar-refractivity contribution in [3.05, 3.63) is 71.7 Å². The number of carbonyl (C=O) groups excluding carboxylic acids is 1. The smallest absolute Gasteiger partial charge is 0.298 e. The fourth-order valence-corrected chi connectivity index (χ4v) is 6.41. The van der Waals surface area contributed by atoms with Crippen LogP contribution in [0.3, 0.4) is 0 Å². The second-order valence-electron chi connectivity index (χ2n) is 11.1. The molecular weight excluding hydrogens is 512 g/mol. The van der Waals surface area contributed by atoms with Gasteiger partial charge in [0.25, 0.3) is 5.91 Å². The molecule has 6 rings (SSSR count). The van der Waals surface area contributed by atoms with Crippen molar-refractivity contribution in [1.82, 2.24) is 20.1 Å². The van der Waals surface area contributed by atoms with Gasteiger partial charge in [-0.1, -0.05) is 18.1 Å². The molecule has 4 aromatic rings. The molecule has 4 heterocycles. The number of nitrogens with zero attached hydrogens (tertiary/aromatic N) is 5. The highest BCUT2D eigenvalue weighted by molar-refractivity contribution is 5.99. The van der Waals surface area contributed by atoms with Gasteiger partial charge in [-0.2, -0.15) is 10.4 Å². The van der Waals surface area contributed by atoms with Gasteiger partial charge in [-0.3, -0.25) is 14.9 Å². The summed E-state index contributed by atoms with van der Waals surface area (Å²) in [5, 5.41) is 18.9. The van der Waals surface area contributed by atoms with Crippen molar-refractivity contribution in [2.75, 3.05) is 31.1 Å². The summed E-state index contributed by atoms with van der Waals surface area (Å²) in [6.45, 7) is 7.08. The summed E-state index contributed by atoms with van der Waals surface area (Å²) in [4.78, 5) is 21.2. The number of likely N-dealkylation sites (tertiary alicyclic amines) is 1. The minimum Gasteiger partial charge on any atom is -0.487 e. The fourth-order valence-electron chi connectivity index (χ4n) is 6.41. The van der Waals surface area contributed by atoms with Crippen molar-refractivity contribution in [3.63, 3.8) is 0 Å².